The van der Waals surface area contributed by atoms with Gasteiger partial charge in [0.05, 0.1) is 22.9 Å². The Labute approximate surface area is 106 Å². The van der Waals surface area contributed by atoms with Crippen LogP contribution in [0.15, 0.2) is 18.2 Å². The SMILES string of the molecule is N#Cc1cccc2c1NC(=O)C1CCCCC1N2. The largest absolute Gasteiger partial charge is 0.380 e. The molecular weight excluding hydrogens is 226 g/mol. The van der Waals surface area contributed by atoms with Gasteiger partial charge in [-0.1, -0.05) is 18.9 Å². The van der Waals surface area contributed by atoms with Crippen molar-refractivity contribution in [3.63, 3.8) is 0 Å². The van der Waals surface area contributed by atoms with Crippen molar-refractivity contribution in [3.8, 4) is 6.07 Å². The van der Waals surface area contributed by atoms with Crippen molar-refractivity contribution in [2.75, 3.05) is 10.6 Å². The van der Waals surface area contributed by atoms with Crippen molar-refractivity contribution < 1.29 is 4.79 Å². The van der Waals surface area contributed by atoms with Crippen molar-refractivity contribution in [3.05, 3.63) is 23.8 Å². The molecule has 1 fully saturated rings. The summed E-state index contributed by atoms with van der Waals surface area (Å²) in [5.41, 5.74) is 2.03. The molecule has 0 radical (unpaired) electrons. The highest BCUT2D eigenvalue weighted by Crippen LogP contribution is 2.35. The van der Waals surface area contributed by atoms with Crippen LogP contribution in [0.4, 0.5) is 11.4 Å². The maximum absolute atomic E-state index is 12.2. The number of hydrogen-bond acceptors (Lipinski definition) is 3. The number of benzene rings is 1. The average molecular weight is 241 g/mol. The number of fused-ring (bicyclic) bond motifs is 2. The van der Waals surface area contributed by atoms with E-state index in [1.807, 2.05) is 12.1 Å². The summed E-state index contributed by atoms with van der Waals surface area (Å²) < 4.78 is 0. The zero-order valence-corrected chi connectivity index (χ0v) is 10.1. The summed E-state index contributed by atoms with van der Waals surface area (Å²) in [5, 5.41) is 15.5. The van der Waals surface area contributed by atoms with Crippen LogP contribution < -0.4 is 10.6 Å². The first-order chi connectivity index (χ1) is 8.79. The van der Waals surface area contributed by atoms with E-state index in [-0.39, 0.29) is 17.9 Å². The lowest BCUT2D eigenvalue weighted by molar-refractivity contribution is -0.120. The smallest absolute Gasteiger partial charge is 0.229 e. The third-order valence-corrected chi connectivity index (χ3v) is 3.88. The van der Waals surface area contributed by atoms with E-state index in [0.717, 1.165) is 31.4 Å². The summed E-state index contributed by atoms with van der Waals surface area (Å²) >= 11 is 0. The minimum atomic E-state index is 0.0256. The first-order valence-corrected chi connectivity index (χ1v) is 6.40. The number of anilines is 2. The summed E-state index contributed by atoms with van der Waals surface area (Å²) in [6.07, 6.45) is 4.22. The first-order valence-electron chi connectivity index (χ1n) is 6.40. The van der Waals surface area contributed by atoms with Gasteiger partial charge in [0.15, 0.2) is 0 Å². The number of para-hydroxylation sites is 1. The van der Waals surface area contributed by atoms with E-state index in [0.29, 0.717) is 11.3 Å². The van der Waals surface area contributed by atoms with Crippen LogP contribution in [0.5, 0.6) is 0 Å². The fraction of sp³-hybridized carbons (Fsp3) is 0.429. The molecular formula is C14H15N3O. The second-order valence-corrected chi connectivity index (χ2v) is 4.97. The molecule has 1 amide bonds. The summed E-state index contributed by atoms with van der Waals surface area (Å²) in [7, 11) is 0. The monoisotopic (exact) mass is 241 g/mol. The Bertz CT molecular complexity index is 532. The third-order valence-electron chi connectivity index (χ3n) is 3.88. The minimum Gasteiger partial charge on any atom is -0.380 e. The van der Waals surface area contributed by atoms with Gasteiger partial charge in [-0.2, -0.15) is 5.26 Å². The summed E-state index contributed by atoms with van der Waals surface area (Å²) in [4.78, 5) is 12.2. The number of carbonyl (C=O) groups excluding carboxylic acids is 1. The molecule has 4 nitrogen and oxygen atoms in total. The third kappa shape index (κ3) is 1.72. The van der Waals surface area contributed by atoms with Crippen LogP contribution >= 0.6 is 0 Å². The van der Waals surface area contributed by atoms with Crippen LogP contribution in [-0.2, 0) is 4.79 Å². The lowest BCUT2D eigenvalue weighted by atomic mass is 9.84. The quantitative estimate of drug-likeness (QED) is 0.733. The van der Waals surface area contributed by atoms with E-state index < -0.39 is 0 Å². The van der Waals surface area contributed by atoms with Crippen molar-refractivity contribution in [1.82, 2.24) is 0 Å². The lowest BCUT2D eigenvalue weighted by Crippen LogP contribution is -2.37. The standard InChI is InChI=1S/C14H15N3O/c15-8-9-4-3-7-12-13(9)17-14(18)10-5-1-2-6-11(10)16-12/h3-4,7,10-11,16H,1-2,5-6H2,(H,17,18). The maximum Gasteiger partial charge on any atom is 0.229 e. The van der Waals surface area contributed by atoms with Crippen LogP contribution in [0.2, 0.25) is 0 Å². The Morgan fingerprint density at radius 2 is 2.11 bits per heavy atom. The number of nitrogens with zero attached hydrogens (tertiary/aromatic N) is 1. The van der Waals surface area contributed by atoms with Crippen molar-refractivity contribution in [2.45, 2.75) is 31.7 Å². The Balaban J connectivity index is 2.03. The molecule has 2 atom stereocenters. The highest BCUT2D eigenvalue weighted by atomic mass is 16.2. The molecule has 92 valence electrons. The second-order valence-electron chi connectivity index (χ2n) is 4.97. The average Bonchev–Trinajstić information content (AvgIpc) is 2.54. The predicted octanol–water partition coefficient (Wildman–Crippen LogP) is 2.48. The number of nitrogens with one attached hydrogen (secondary N) is 2. The van der Waals surface area contributed by atoms with Crippen LogP contribution in [0.1, 0.15) is 31.2 Å². The van der Waals surface area contributed by atoms with E-state index in [1.54, 1.807) is 6.07 Å². The molecule has 1 aromatic rings. The molecule has 0 spiro atoms. The van der Waals surface area contributed by atoms with Gasteiger partial charge in [-0.3, -0.25) is 4.79 Å². The van der Waals surface area contributed by atoms with E-state index >= 15 is 0 Å². The highest BCUT2D eigenvalue weighted by Gasteiger charge is 2.34. The fourth-order valence-corrected chi connectivity index (χ4v) is 2.93. The number of rotatable bonds is 0. The molecule has 1 aromatic carbocycles. The fourth-order valence-electron chi connectivity index (χ4n) is 2.93. The predicted molar refractivity (Wildman–Crippen MR) is 69.2 cm³/mol. The van der Waals surface area contributed by atoms with Gasteiger partial charge in [0, 0.05) is 6.04 Å². The van der Waals surface area contributed by atoms with Gasteiger partial charge >= 0.3 is 0 Å². The molecule has 0 bridgehead atoms. The molecule has 1 aliphatic heterocycles. The minimum absolute atomic E-state index is 0.0256. The second kappa shape index (κ2) is 4.34. The molecule has 2 unspecified atom stereocenters. The van der Waals surface area contributed by atoms with Crippen molar-refractivity contribution >= 4 is 17.3 Å². The zero-order chi connectivity index (χ0) is 12.5. The van der Waals surface area contributed by atoms with E-state index in [1.165, 1.54) is 0 Å². The van der Waals surface area contributed by atoms with Crippen molar-refractivity contribution in [2.24, 2.45) is 5.92 Å². The summed E-state index contributed by atoms with van der Waals surface area (Å²) in [5.74, 6) is 0.0753. The van der Waals surface area contributed by atoms with Gasteiger partial charge in [-0.15, -0.1) is 0 Å². The maximum atomic E-state index is 12.2. The molecule has 1 saturated carbocycles. The number of amides is 1. The van der Waals surface area contributed by atoms with Gasteiger partial charge in [0.1, 0.15) is 6.07 Å². The van der Waals surface area contributed by atoms with Gasteiger partial charge in [0.2, 0.25) is 5.91 Å². The van der Waals surface area contributed by atoms with E-state index in [2.05, 4.69) is 16.7 Å². The van der Waals surface area contributed by atoms with Crippen LogP contribution in [0, 0.1) is 17.2 Å². The van der Waals surface area contributed by atoms with Gasteiger partial charge in [0.25, 0.3) is 0 Å². The van der Waals surface area contributed by atoms with Gasteiger partial charge < -0.3 is 10.6 Å². The topological polar surface area (TPSA) is 64.9 Å². The number of hydrogen-bond donors (Lipinski definition) is 2. The molecule has 18 heavy (non-hydrogen) atoms. The van der Waals surface area contributed by atoms with Gasteiger partial charge in [-0.05, 0) is 25.0 Å². The molecule has 2 aliphatic rings. The Kier molecular flexibility index (Phi) is 2.67. The Morgan fingerprint density at radius 1 is 1.28 bits per heavy atom. The first kappa shape index (κ1) is 11.1. The van der Waals surface area contributed by atoms with Crippen molar-refractivity contribution in [1.29, 1.82) is 5.26 Å². The number of nitriles is 1. The zero-order valence-electron chi connectivity index (χ0n) is 10.1. The van der Waals surface area contributed by atoms with E-state index in [4.69, 9.17) is 5.26 Å². The molecule has 4 heteroatoms. The van der Waals surface area contributed by atoms with Crippen LogP contribution in [0.3, 0.4) is 0 Å². The van der Waals surface area contributed by atoms with Crippen LogP contribution in [0.25, 0.3) is 0 Å². The van der Waals surface area contributed by atoms with Gasteiger partial charge in [-0.25, -0.2) is 0 Å². The lowest BCUT2D eigenvalue weighted by Gasteiger charge is -2.29. The Morgan fingerprint density at radius 3 is 2.94 bits per heavy atom. The Hall–Kier alpha value is -2.02. The normalized spacial score (nSPS) is 25.8. The highest BCUT2D eigenvalue weighted by molar-refractivity contribution is 5.99. The summed E-state index contributed by atoms with van der Waals surface area (Å²) in [6, 6.07) is 7.84. The van der Waals surface area contributed by atoms with Crippen LogP contribution in [-0.4, -0.2) is 11.9 Å². The number of carbonyl (C=O) groups is 1. The molecule has 2 N–H and O–H groups in total. The molecule has 1 aliphatic carbocycles. The molecule has 1 heterocycles. The molecule has 0 aromatic heterocycles. The molecule has 3 rings (SSSR count). The summed E-state index contributed by atoms with van der Waals surface area (Å²) in [6.45, 7) is 0. The molecule has 0 saturated heterocycles. The van der Waals surface area contributed by atoms with E-state index in [9.17, 15) is 4.79 Å².